The van der Waals surface area contributed by atoms with Gasteiger partial charge in [-0.05, 0) is 27.5 Å². The van der Waals surface area contributed by atoms with Crippen LogP contribution in [-0.4, -0.2) is 18.5 Å². The van der Waals surface area contributed by atoms with E-state index in [4.69, 9.17) is 9.72 Å². The van der Waals surface area contributed by atoms with E-state index >= 15 is 0 Å². The second-order valence-electron chi connectivity index (χ2n) is 18.4. The van der Waals surface area contributed by atoms with E-state index in [0.717, 1.165) is 74.5 Å². The summed E-state index contributed by atoms with van der Waals surface area (Å²) in [5, 5.41) is 2.35. The van der Waals surface area contributed by atoms with Crippen molar-refractivity contribution in [1.29, 1.82) is 0 Å². The molecule has 0 unspecified atom stereocenters. The minimum Gasteiger partial charge on any atom is -0.0579 e. The zero-order valence-corrected chi connectivity index (χ0v) is 37.5. The van der Waals surface area contributed by atoms with Crippen molar-refractivity contribution in [3.8, 4) is 34.1 Å². The van der Waals surface area contributed by atoms with E-state index in [9.17, 15) is 0 Å². The van der Waals surface area contributed by atoms with Crippen LogP contribution >= 0.6 is 0 Å². The molecule has 6 heterocycles. The van der Waals surface area contributed by atoms with Crippen molar-refractivity contribution in [3.63, 3.8) is 0 Å². The average Bonchev–Trinajstić information content (AvgIpc) is 3.76. The molecule has 13 rings (SSSR count). The fourth-order valence-corrected chi connectivity index (χ4v) is 9.98. The number of benzene rings is 5. The summed E-state index contributed by atoms with van der Waals surface area (Å²) in [4.78, 5) is 5.19. The monoisotopic (exact) mass is 965 g/mol. The van der Waals surface area contributed by atoms with Crippen molar-refractivity contribution in [3.05, 3.63) is 183 Å². The normalized spacial score (nSPS) is 13.3. The summed E-state index contributed by atoms with van der Waals surface area (Å²) in [6.07, 6.45) is 8.39. The molecule has 0 saturated heterocycles. The van der Waals surface area contributed by atoms with Crippen LogP contribution in [-0.2, 0) is 55.9 Å². The summed E-state index contributed by atoms with van der Waals surface area (Å²) in [6, 6.07) is 48.7. The smallest absolute Gasteiger partial charge is 0.0579 e. The van der Waals surface area contributed by atoms with Crippen molar-refractivity contribution in [2.75, 3.05) is 0 Å². The molecule has 0 fully saturated rings. The molecule has 6 heteroatoms. The third-order valence-corrected chi connectivity index (χ3v) is 13.3. The van der Waals surface area contributed by atoms with Crippen molar-refractivity contribution in [2.24, 2.45) is 0 Å². The van der Waals surface area contributed by atoms with Crippen LogP contribution in [0.15, 0.2) is 146 Å². The van der Waals surface area contributed by atoms with Gasteiger partial charge in [-0.15, -0.1) is 0 Å². The molecular weight excluding hydrogens is 916 g/mol. The average molecular weight is 966 g/mol. The topological polar surface area (TPSA) is 36.4 Å². The predicted octanol–water partition coefficient (Wildman–Crippen LogP) is 13.2. The zero-order chi connectivity index (χ0) is 41.3. The summed E-state index contributed by atoms with van der Waals surface area (Å²) >= 11 is 2.50. The second-order valence-corrected chi connectivity index (χ2v) is 19.4. The Morgan fingerprint density at radius 3 is 2.07 bits per heavy atom. The van der Waals surface area contributed by atoms with Gasteiger partial charge in [-0.2, -0.15) is 0 Å². The van der Waals surface area contributed by atoms with E-state index in [1.807, 2.05) is 6.07 Å². The Kier molecular flexibility index (Phi) is 9.45. The van der Waals surface area contributed by atoms with Crippen molar-refractivity contribution in [1.82, 2.24) is 18.5 Å². The number of pyridine rings is 2. The van der Waals surface area contributed by atoms with Gasteiger partial charge in [0.2, 0.25) is 0 Å². The number of aromatic nitrogens is 4. The van der Waals surface area contributed by atoms with Crippen molar-refractivity contribution < 1.29 is 24.1 Å². The maximum atomic E-state index is 6.75. The van der Waals surface area contributed by atoms with E-state index in [-0.39, 0.29) is 10.8 Å². The first-order valence-corrected chi connectivity index (χ1v) is 22.2. The number of fused-ring (bicyclic) bond motifs is 3. The Morgan fingerprint density at radius 1 is 0.600 bits per heavy atom. The molecule has 4 aromatic heterocycles. The van der Waals surface area contributed by atoms with Crippen LogP contribution in [0.2, 0.25) is 0 Å². The van der Waals surface area contributed by atoms with Gasteiger partial charge < -0.3 is 0 Å². The van der Waals surface area contributed by atoms with Crippen molar-refractivity contribution in [2.45, 2.75) is 78.1 Å². The molecule has 2 aliphatic heterocycles. The number of rotatable bonds is 5. The fourth-order valence-electron chi connectivity index (χ4n) is 8.94. The Bertz CT molecular complexity index is 3150. The van der Waals surface area contributed by atoms with Gasteiger partial charge in [0.05, 0.1) is 0 Å². The molecule has 0 atom stereocenters. The number of hydrogen-bond donors (Lipinski definition) is 0. The number of hydrogen-bond acceptors (Lipinski definition) is 2. The van der Waals surface area contributed by atoms with Gasteiger partial charge in [0, 0.05) is 11.8 Å². The van der Waals surface area contributed by atoms with Crippen LogP contribution in [0, 0.1) is 3.80 Å². The molecule has 4 bridgehead atoms. The minimum atomic E-state index is -0.112. The number of aryl methyl sites for hydroxylation is 4. The maximum absolute atomic E-state index is 6.75. The summed E-state index contributed by atoms with van der Waals surface area (Å²) < 4.78 is 15.0. The summed E-state index contributed by atoms with van der Waals surface area (Å²) in [6.45, 7) is 13.6. The van der Waals surface area contributed by atoms with E-state index in [1.165, 1.54) is 50.0 Å². The van der Waals surface area contributed by atoms with Gasteiger partial charge in [-0.25, -0.2) is 0 Å². The molecule has 0 radical (unpaired) electrons. The summed E-state index contributed by atoms with van der Waals surface area (Å²) in [5.74, 6) is 2.46. The summed E-state index contributed by atoms with van der Waals surface area (Å²) in [5.41, 5.74) is 14.9. The molecule has 0 saturated carbocycles. The number of imidazole rings is 1. The van der Waals surface area contributed by atoms with E-state index in [0.29, 0.717) is 0 Å². The first kappa shape index (κ1) is 38.4. The van der Waals surface area contributed by atoms with Gasteiger partial charge in [-0.1, -0.05) is 77.9 Å². The fraction of sp³-hybridized carbons (Fsp3) is 0.222. The number of ether oxygens (including phenoxy) is 1. The van der Waals surface area contributed by atoms with Crippen LogP contribution in [0.1, 0.15) is 75.1 Å². The standard InChI is InChI=1S/C54H50N4O.Pt/c1-53(2,3)40-24-21-38(22-25-40)47-33-55-52(32-48(47)54(4,5)6)58-49-13-8-7-12-45(49)46-29-28-44(31-50(46)58)59-43-11-9-10-42(30-43)56-34-51-39-20-18-36-14-16-37(17-15-36)19-26-41(27-23-39)57(51)35-56;/h7-17,21-25,27-34H,18-20,26H2,1-6H3;. The van der Waals surface area contributed by atoms with E-state index in [2.05, 4.69) is 214 Å². The molecule has 9 aromatic rings. The second kappa shape index (κ2) is 14.7. The Labute approximate surface area is 363 Å². The van der Waals surface area contributed by atoms with Gasteiger partial charge in [0.1, 0.15) is 0 Å². The van der Waals surface area contributed by atoms with E-state index < -0.39 is 0 Å². The van der Waals surface area contributed by atoms with Gasteiger partial charge >= 0.3 is 248 Å². The number of nitrogens with zero attached hydrogens (tertiary/aromatic N) is 4. The molecule has 302 valence electrons. The molecule has 0 amide bonds. The molecule has 0 spiro atoms. The Morgan fingerprint density at radius 2 is 1.32 bits per heavy atom. The molecule has 2 aliphatic carbocycles. The van der Waals surface area contributed by atoms with Crippen LogP contribution in [0.4, 0.5) is 0 Å². The third kappa shape index (κ3) is 6.97. The molecular formula is C54H50N4OPt. The van der Waals surface area contributed by atoms with Crippen LogP contribution in [0.25, 0.3) is 50.0 Å². The van der Waals surface area contributed by atoms with Gasteiger partial charge in [-0.3, -0.25) is 0 Å². The molecule has 4 aliphatic rings. The Hall–Kier alpha value is -5.77. The van der Waals surface area contributed by atoms with Gasteiger partial charge in [0.25, 0.3) is 0 Å². The zero-order valence-electron chi connectivity index (χ0n) is 35.2. The Balaban J connectivity index is 1.03. The van der Waals surface area contributed by atoms with Crippen LogP contribution in [0.5, 0.6) is 11.5 Å². The predicted molar refractivity (Wildman–Crippen MR) is 243 cm³/mol. The van der Waals surface area contributed by atoms with Crippen LogP contribution in [0.3, 0.4) is 0 Å². The van der Waals surface area contributed by atoms with Gasteiger partial charge in [0.15, 0.2) is 0 Å². The summed E-state index contributed by atoms with van der Waals surface area (Å²) in [7, 11) is 0. The number of para-hydroxylation sites is 1. The quantitative estimate of drug-likeness (QED) is 0.172. The minimum absolute atomic E-state index is 0.0955. The molecule has 5 nitrogen and oxygen atoms in total. The molecule has 5 aromatic carbocycles. The molecule has 60 heavy (non-hydrogen) atoms. The first-order chi connectivity index (χ1) is 28.9. The van der Waals surface area contributed by atoms with Crippen molar-refractivity contribution >= 4 is 27.3 Å². The SMILES string of the molecule is CC(C)(C)c1ccc(-c2cnc(-n3c4ccccc4c4ccc(Oc5cccc(-n6cc7c8ccc(n7[c]6=[Pt])CCc6ccc(cc6)CC8)c5)cc43)cc2C(C)(C)C)cc1. The van der Waals surface area contributed by atoms with E-state index in [1.54, 1.807) is 0 Å². The first-order valence-electron chi connectivity index (χ1n) is 21.1. The van der Waals surface area contributed by atoms with Crippen LogP contribution < -0.4 is 4.74 Å². The molecule has 0 N–H and O–H groups in total. The third-order valence-electron chi connectivity index (χ3n) is 12.3.